The molecule has 2 fully saturated rings. The van der Waals surface area contributed by atoms with Crippen molar-refractivity contribution >= 4 is 33.4 Å². The fourth-order valence-corrected chi connectivity index (χ4v) is 4.91. The summed E-state index contributed by atoms with van der Waals surface area (Å²) in [6.45, 7) is 1.46. The first-order valence-electron chi connectivity index (χ1n) is 6.52. The van der Waals surface area contributed by atoms with E-state index in [1.165, 1.54) is 12.1 Å². The van der Waals surface area contributed by atoms with Crippen LogP contribution in [0.2, 0.25) is 5.02 Å². The number of benzene rings is 1. The Hall–Kier alpha value is -1.66. The van der Waals surface area contributed by atoms with E-state index in [0.717, 1.165) is 4.31 Å². The number of carbonyl (C=O) groups is 1. The fourth-order valence-electron chi connectivity index (χ4n) is 2.84. The molecule has 2 aliphatic rings. The smallest absolute Gasteiger partial charge is 0.311 e. The second-order valence-corrected chi connectivity index (χ2v) is 7.38. The van der Waals surface area contributed by atoms with Gasteiger partial charge in [0.25, 0.3) is 5.91 Å². The van der Waals surface area contributed by atoms with Gasteiger partial charge in [-0.25, -0.2) is 0 Å². The number of aliphatic hydroxyl groups is 1. The van der Waals surface area contributed by atoms with Gasteiger partial charge >= 0.3 is 10.2 Å². The molecule has 1 amide bonds. The van der Waals surface area contributed by atoms with Gasteiger partial charge in [-0.05, 0) is 24.6 Å². The number of nitrogens with zero attached hydrogens (tertiary/aromatic N) is 3. The number of halogens is 1. The van der Waals surface area contributed by atoms with Gasteiger partial charge in [-0.15, -0.1) is 0 Å². The molecule has 9 heteroatoms. The Balaban J connectivity index is 2.13. The molecular formula is C13H12ClN3O4S. The van der Waals surface area contributed by atoms with Crippen molar-refractivity contribution in [1.29, 1.82) is 5.26 Å². The molecular weight excluding hydrogens is 330 g/mol. The van der Waals surface area contributed by atoms with Crippen LogP contribution in [-0.4, -0.2) is 42.4 Å². The zero-order valence-corrected chi connectivity index (χ0v) is 13.1. The van der Waals surface area contributed by atoms with E-state index in [2.05, 4.69) is 0 Å². The van der Waals surface area contributed by atoms with Crippen LogP contribution in [0.15, 0.2) is 12.1 Å². The maximum Gasteiger partial charge on any atom is 0.311 e. The third-order valence-corrected chi connectivity index (χ3v) is 6.26. The first-order valence-corrected chi connectivity index (χ1v) is 8.29. The lowest BCUT2D eigenvalue weighted by Gasteiger charge is -2.20. The lowest BCUT2D eigenvalue weighted by Crippen LogP contribution is -2.36. The van der Waals surface area contributed by atoms with Crippen LogP contribution in [-0.2, 0) is 15.0 Å². The molecule has 3 rings (SSSR count). The van der Waals surface area contributed by atoms with Gasteiger partial charge in [-0.3, -0.25) is 4.79 Å². The highest BCUT2D eigenvalue weighted by atomic mass is 35.5. The summed E-state index contributed by atoms with van der Waals surface area (Å²) in [5, 5.41) is 18.6. The summed E-state index contributed by atoms with van der Waals surface area (Å²) in [4.78, 5) is 12.5. The lowest BCUT2D eigenvalue weighted by atomic mass is 10.1. The van der Waals surface area contributed by atoms with Crippen LogP contribution in [0.3, 0.4) is 0 Å². The van der Waals surface area contributed by atoms with Gasteiger partial charge in [0.15, 0.2) is 0 Å². The van der Waals surface area contributed by atoms with Crippen molar-refractivity contribution in [3.05, 3.63) is 28.3 Å². The predicted molar refractivity (Wildman–Crippen MR) is 78.4 cm³/mol. The molecule has 1 N–H and O–H groups in total. The second kappa shape index (κ2) is 4.93. The van der Waals surface area contributed by atoms with Crippen molar-refractivity contribution in [1.82, 2.24) is 4.31 Å². The molecule has 0 unspecified atom stereocenters. The standard InChI is InChI=1S/C13H12ClN3O4S/c1-7-10(3-2-8(5-15)12(7)14)17-13(19)11-4-9(18)6-16(11)22(17,20)21/h2-3,9,11,18H,4,6H2,1H3/t9-,11-/m0/s1. The molecule has 0 aromatic heterocycles. The predicted octanol–water partition coefficient (Wildman–Crippen LogP) is 0.547. The SMILES string of the molecule is Cc1c(N2C(=O)[C@@H]3C[C@H](O)CN3S2(=O)=O)ccc(C#N)c1Cl. The average Bonchev–Trinajstić information content (AvgIpc) is 2.93. The normalized spacial score (nSPS) is 27.0. The molecule has 0 spiro atoms. The molecule has 7 nitrogen and oxygen atoms in total. The summed E-state index contributed by atoms with van der Waals surface area (Å²) in [5.74, 6) is -0.611. The van der Waals surface area contributed by atoms with Crippen LogP contribution in [0.5, 0.6) is 0 Å². The fraction of sp³-hybridized carbons (Fsp3) is 0.385. The van der Waals surface area contributed by atoms with Crippen LogP contribution >= 0.6 is 11.6 Å². The second-order valence-electron chi connectivity index (χ2n) is 5.27. The molecule has 2 saturated heterocycles. The average molecular weight is 342 g/mol. The van der Waals surface area contributed by atoms with Crippen molar-refractivity contribution in [2.45, 2.75) is 25.5 Å². The highest BCUT2D eigenvalue weighted by Crippen LogP contribution is 2.39. The summed E-state index contributed by atoms with van der Waals surface area (Å²) < 4.78 is 26.8. The Morgan fingerprint density at radius 2 is 2.14 bits per heavy atom. The van der Waals surface area contributed by atoms with Crippen LogP contribution in [0, 0.1) is 18.3 Å². The summed E-state index contributed by atoms with van der Waals surface area (Å²) >= 11 is 6.05. The van der Waals surface area contributed by atoms with Gasteiger partial charge in [-0.1, -0.05) is 11.6 Å². The van der Waals surface area contributed by atoms with Gasteiger partial charge in [0, 0.05) is 13.0 Å². The van der Waals surface area contributed by atoms with Crippen LogP contribution in [0.25, 0.3) is 0 Å². The number of fused-ring (bicyclic) bond motifs is 1. The number of carbonyl (C=O) groups excluding carboxylic acids is 1. The number of anilines is 1. The summed E-state index contributed by atoms with van der Waals surface area (Å²) in [7, 11) is -4.04. The largest absolute Gasteiger partial charge is 0.392 e. The van der Waals surface area contributed by atoms with Gasteiger partial charge in [0.05, 0.1) is 22.4 Å². The Bertz CT molecular complexity index is 817. The number of rotatable bonds is 1. The van der Waals surface area contributed by atoms with Gasteiger partial charge in [-0.2, -0.15) is 22.3 Å². The molecule has 2 heterocycles. The van der Waals surface area contributed by atoms with Crippen LogP contribution in [0.4, 0.5) is 5.69 Å². The third kappa shape index (κ3) is 1.94. The highest BCUT2D eigenvalue weighted by molar-refractivity contribution is 7.91. The zero-order chi connectivity index (χ0) is 16.2. The maximum absolute atomic E-state index is 12.6. The summed E-state index contributed by atoms with van der Waals surface area (Å²) in [6.07, 6.45) is -0.756. The number of hydrogen-bond donors (Lipinski definition) is 1. The Labute approximate surface area is 132 Å². The molecule has 116 valence electrons. The summed E-state index contributed by atoms with van der Waals surface area (Å²) in [5.41, 5.74) is 0.695. The van der Waals surface area contributed by atoms with Crippen molar-refractivity contribution in [2.75, 3.05) is 10.8 Å². The first-order chi connectivity index (χ1) is 10.3. The minimum Gasteiger partial charge on any atom is -0.392 e. The Morgan fingerprint density at radius 1 is 1.45 bits per heavy atom. The number of nitriles is 1. The molecule has 0 saturated carbocycles. The Morgan fingerprint density at radius 3 is 2.73 bits per heavy atom. The van der Waals surface area contributed by atoms with E-state index in [4.69, 9.17) is 16.9 Å². The van der Waals surface area contributed by atoms with Crippen molar-refractivity contribution in [3.63, 3.8) is 0 Å². The van der Waals surface area contributed by atoms with Gasteiger partial charge in [0.1, 0.15) is 12.1 Å². The molecule has 0 radical (unpaired) electrons. The lowest BCUT2D eigenvalue weighted by molar-refractivity contribution is -0.119. The van der Waals surface area contributed by atoms with E-state index in [1.807, 2.05) is 6.07 Å². The quantitative estimate of drug-likeness (QED) is 0.803. The number of hydrogen-bond acceptors (Lipinski definition) is 5. The van der Waals surface area contributed by atoms with Crippen molar-refractivity contribution in [3.8, 4) is 6.07 Å². The van der Waals surface area contributed by atoms with Crippen LogP contribution in [0.1, 0.15) is 17.5 Å². The van der Waals surface area contributed by atoms with E-state index in [0.29, 0.717) is 9.87 Å². The van der Waals surface area contributed by atoms with Crippen molar-refractivity contribution < 1.29 is 18.3 Å². The summed E-state index contributed by atoms with van der Waals surface area (Å²) in [6, 6.07) is 3.80. The Kier molecular flexibility index (Phi) is 3.41. The molecule has 0 aliphatic carbocycles. The highest BCUT2D eigenvalue weighted by Gasteiger charge is 2.55. The molecule has 1 aromatic rings. The van der Waals surface area contributed by atoms with Gasteiger partial charge < -0.3 is 5.11 Å². The van der Waals surface area contributed by atoms with Crippen LogP contribution < -0.4 is 4.31 Å². The van der Waals surface area contributed by atoms with Crippen molar-refractivity contribution in [2.24, 2.45) is 0 Å². The molecule has 2 atom stereocenters. The number of aliphatic hydroxyl groups excluding tert-OH is 1. The third-order valence-electron chi connectivity index (χ3n) is 3.94. The molecule has 1 aromatic carbocycles. The molecule has 2 aliphatic heterocycles. The van der Waals surface area contributed by atoms with E-state index in [1.54, 1.807) is 6.92 Å². The maximum atomic E-state index is 12.6. The van der Waals surface area contributed by atoms with E-state index in [-0.39, 0.29) is 29.2 Å². The minimum atomic E-state index is -4.04. The van der Waals surface area contributed by atoms with E-state index in [9.17, 15) is 18.3 Å². The van der Waals surface area contributed by atoms with E-state index >= 15 is 0 Å². The minimum absolute atomic E-state index is 0.0810. The number of amides is 1. The topological polar surface area (TPSA) is 102 Å². The molecule has 0 bridgehead atoms. The first kappa shape index (κ1) is 15.2. The molecule has 22 heavy (non-hydrogen) atoms. The zero-order valence-electron chi connectivity index (χ0n) is 11.5. The monoisotopic (exact) mass is 341 g/mol. The van der Waals surface area contributed by atoms with Gasteiger partial charge in [0.2, 0.25) is 0 Å². The van der Waals surface area contributed by atoms with E-state index < -0.39 is 28.3 Å².